The van der Waals surface area contributed by atoms with Crippen LogP contribution in [0.1, 0.15) is 28.2 Å². The quantitative estimate of drug-likeness (QED) is 0.926. The van der Waals surface area contributed by atoms with Gasteiger partial charge in [-0.15, -0.1) is 5.10 Å². The first-order valence-electron chi connectivity index (χ1n) is 7.49. The molecule has 1 amide bonds. The minimum atomic E-state index is -0.861. The summed E-state index contributed by atoms with van der Waals surface area (Å²) in [6, 6.07) is 7.77. The minimum Gasteiger partial charge on any atom is -0.481 e. The first kappa shape index (κ1) is 15.2. The highest BCUT2D eigenvalue weighted by Crippen LogP contribution is 2.20. The number of hydrogen-bond donors (Lipinski definition) is 1. The van der Waals surface area contributed by atoms with Gasteiger partial charge in [0.25, 0.3) is 5.91 Å². The molecule has 1 aliphatic rings. The van der Waals surface area contributed by atoms with Crippen molar-refractivity contribution < 1.29 is 14.7 Å². The van der Waals surface area contributed by atoms with E-state index in [2.05, 4.69) is 10.3 Å². The van der Waals surface area contributed by atoms with E-state index in [0.717, 1.165) is 11.3 Å². The van der Waals surface area contributed by atoms with Crippen LogP contribution in [0.3, 0.4) is 0 Å². The average Bonchev–Trinajstić information content (AvgIpc) is 3.15. The van der Waals surface area contributed by atoms with Gasteiger partial charge in [0.2, 0.25) is 0 Å². The van der Waals surface area contributed by atoms with Crippen molar-refractivity contribution in [3.63, 3.8) is 0 Å². The highest BCUT2D eigenvalue weighted by molar-refractivity contribution is 5.94. The number of carboxylic acids is 1. The van der Waals surface area contributed by atoms with Crippen LogP contribution in [0.4, 0.5) is 0 Å². The molecule has 2 aromatic rings. The van der Waals surface area contributed by atoms with Crippen molar-refractivity contribution in [2.75, 3.05) is 13.1 Å². The summed E-state index contributed by atoms with van der Waals surface area (Å²) in [5.74, 6) is -1.61. The van der Waals surface area contributed by atoms with E-state index in [1.54, 1.807) is 11.6 Å². The highest BCUT2D eigenvalue weighted by atomic mass is 16.4. The maximum atomic E-state index is 12.6. The predicted molar refractivity (Wildman–Crippen MR) is 82.5 cm³/mol. The van der Waals surface area contributed by atoms with E-state index in [0.29, 0.717) is 18.7 Å². The van der Waals surface area contributed by atoms with Crippen LogP contribution in [0.25, 0.3) is 5.69 Å². The van der Waals surface area contributed by atoms with E-state index in [1.165, 1.54) is 4.90 Å². The molecule has 3 rings (SSSR count). The van der Waals surface area contributed by atoms with Crippen LogP contribution in [0.2, 0.25) is 0 Å². The van der Waals surface area contributed by atoms with E-state index in [4.69, 9.17) is 5.11 Å². The van der Waals surface area contributed by atoms with Gasteiger partial charge in [0.15, 0.2) is 5.69 Å². The van der Waals surface area contributed by atoms with Crippen molar-refractivity contribution in [2.24, 2.45) is 5.92 Å². The molecule has 1 saturated heterocycles. The summed E-state index contributed by atoms with van der Waals surface area (Å²) >= 11 is 0. The predicted octanol–water partition coefficient (Wildman–Crippen LogP) is 1.43. The third-order valence-electron chi connectivity index (χ3n) is 4.20. The lowest BCUT2D eigenvalue weighted by molar-refractivity contribution is -0.141. The van der Waals surface area contributed by atoms with Gasteiger partial charge in [-0.05, 0) is 32.4 Å². The number of benzene rings is 1. The molecule has 120 valence electrons. The van der Waals surface area contributed by atoms with Crippen molar-refractivity contribution in [3.05, 3.63) is 41.2 Å². The van der Waals surface area contributed by atoms with Gasteiger partial charge >= 0.3 is 5.97 Å². The standard InChI is InChI=1S/C16H18N4O3/c1-10-3-5-13(6-4-10)20-11(2)14(17-18-20)15(21)19-8-7-12(9-19)16(22)23/h3-6,12H,7-9H2,1-2H3,(H,22,23). The molecule has 1 N–H and O–H groups in total. The number of hydrogen-bond acceptors (Lipinski definition) is 4. The van der Waals surface area contributed by atoms with E-state index in [9.17, 15) is 9.59 Å². The van der Waals surface area contributed by atoms with Crippen LogP contribution in [0.5, 0.6) is 0 Å². The molecule has 1 fully saturated rings. The van der Waals surface area contributed by atoms with Gasteiger partial charge in [0.1, 0.15) is 0 Å². The number of aliphatic carboxylic acids is 1. The Morgan fingerprint density at radius 1 is 1.22 bits per heavy atom. The Hall–Kier alpha value is -2.70. The Morgan fingerprint density at radius 3 is 2.52 bits per heavy atom. The fourth-order valence-corrected chi connectivity index (χ4v) is 2.75. The molecular formula is C16H18N4O3. The monoisotopic (exact) mass is 314 g/mol. The molecule has 2 heterocycles. The zero-order chi connectivity index (χ0) is 16.6. The average molecular weight is 314 g/mol. The zero-order valence-corrected chi connectivity index (χ0v) is 13.1. The van der Waals surface area contributed by atoms with Crippen molar-refractivity contribution in [1.29, 1.82) is 0 Å². The first-order valence-corrected chi connectivity index (χ1v) is 7.49. The number of aromatic nitrogens is 3. The number of carbonyl (C=O) groups excluding carboxylic acids is 1. The summed E-state index contributed by atoms with van der Waals surface area (Å²) in [6.07, 6.45) is 0.478. The smallest absolute Gasteiger partial charge is 0.308 e. The largest absolute Gasteiger partial charge is 0.481 e. The molecular weight excluding hydrogens is 296 g/mol. The molecule has 23 heavy (non-hydrogen) atoms. The second-order valence-corrected chi connectivity index (χ2v) is 5.85. The van der Waals surface area contributed by atoms with Crippen molar-refractivity contribution in [1.82, 2.24) is 19.9 Å². The number of amides is 1. The van der Waals surface area contributed by atoms with Crippen molar-refractivity contribution in [2.45, 2.75) is 20.3 Å². The highest BCUT2D eigenvalue weighted by Gasteiger charge is 2.33. The maximum absolute atomic E-state index is 12.6. The number of carbonyl (C=O) groups is 2. The van der Waals surface area contributed by atoms with Gasteiger partial charge < -0.3 is 10.0 Å². The molecule has 1 atom stereocenters. The zero-order valence-electron chi connectivity index (χ0n) is 13.1. The minimum absolute atomic E-state index is 0.227. The molecule has 7 nitrogen and oxygen atoms in total. The lowest BCUT2D eigenvalue weighted by atomic mass is 10.1. The summed E-state index contributed by atoms with van der Waals surface area (Å²) in [5.41, 5.74) is 2.90. The SMILES string of the molecule is Cc1ccc(-n2nnc(C(=O)N3CCC(C(=O)O)C3)c2C)cc1. The van der Waals surface area contributed by atoms with Gasteiger partial charge in [-0.1, -0.05) is 22.9 Å². The Labute approximate surface area is 133 Å². The van der Waals surface area contributed by atoms with Crippen LogP contribution in [0, 0.1) is 19.8 Å². The van der Waals surface area contributed by atoms with Gasteiger partial charge in [-0.25, -0.2) is 4.68 Å². The number of nitrogens with zero attached hydrogens (tertiary/aromatic N) is 4. The Balaban J connectivity index is 1.83. The third kappa shape index (κ3) is 2.81. The molecule has 1 aromatic carbocycles. The normalized spacial score (nSPS) is 17.5. The Kier molecular flexibility index (Phi) is 3.85. The number of carboxylic acid groups (broad SMARTS) is 1. The van der Waals surface area contributed by atoms with Crippen LogP contribution >= 0.6 is 0 Å². The third-order valence-corrected chi connectivity index (χ3v) is 4.20. The van der Waals surface area contributed by atoms with E-state index in [1.807, 2.05) is 31.2 Å². The Morgan fingerprint density at radius 2 is 1.91 bits per heavy atom. The lowest BCUT2D eigenvalue weighted by Gasteiger charge is -2.14. The molecule has 0 bridgehead atoms. The molecule has 1 aliphatic heterocycles. The van der Waals surface area contributed by atoms with E-state index < -0.39 is 11.9 Å². The van der Waals surface area contributed by atoms with Gasteiger partial charge in [0.05, 0.1) is 17.3 Å². The van der Waals surface area contributed by atoms with Crippen LogP contribution in [-0.4, -0.2) is 50.0 Å². The topological polar surface area (TPSA) is 88.3 Å². The molecule has 0 radical (unpaired) electrons. The molecule has 7 heteroatoms. The molecule has 0 spiro atoms. The summed E-state index contributed by atoms with van der Waals surface area (Å²) < 4.78 is 1.62. The van der Waals surface area contributed by atoms with E-state index in [-0.39, 0.29) is 18.1 Å². The van der Waals surface area contributed by atoms with Crippen molar-refractivity contribution >= 4 is 11.9 Å². The van der Waals surface area contributed by atoms with Crippen LogP contribution < -0.4 is 0 Å². The number of likely N-dealkylation sites (tertiary alicyclic amines) is 1. The van der Waals surface area contributed by atoms with Gasteiger partial charge in [-0.3, -0.25) is 9.59 Å². The molecule has 0 saturated carbocycles. The van der Waals surface area contributed by atoms with Crippen LogP contribution in [0.15, 0.2) is 24.3 Å². The fraction of sp³-hybridized carbons (Fsp3) is 0.375. The Bertz CT molecular complexity index is 751. The maximum Gasteiger partial charge on any atom is 0.308 e. The summed E-state index contributed by atoms with van der Waals surface area (Å²) in [7, 11) is 0. The molecule has 1 aromatic heterocycles. The fourth-order valence-electron chi connectivity index (χ4n) is 2.75. The molecule has 1 unspecified atom stereocenters. The van der Waals surface area contributed by atoms with Crippen molar-refractivity contribution in [3.8, 4) is 5.69 Å². The summed E-state index contributed by atoms with van der Waals surface area (Å²) in [4.78, 5) is 25.1. The van der Waals surface area contributed by atoms with Gasteiger partial charge in [0, 0.05) is 13.1 Å². The second kappa shape index (κ2) is 5.83. The van der Waals surface area contributed by atoms with E-state index >= 15 is 0 Å². The molecule has 0 aliphatic carbocycles. The van der Waals surface area contributed by atoms with Crippen LogP contribution in [-0.2, 0) is 4.79 Å². The number of aryl methyl sites for hydroxylation is 1. The number of rotatable bonds is 3. The summed E-state index contributed by atoms with van der Waals surface area (Å²) in [5, 5.41) is 17.1. The van der Waals surface area contributed by atoms with Gasteiger partial charge in [-0.2, -0.15) is 0 Å². The first-order chi connectivity index (χ1) is 11.0. The second-order valence-electron chi connectivity index (χ2n) is 5.85. The lowest BCUT2D eigenvalue weighted by Crippen LogP contribution is -2.30. The summed E-state index contributed by atoms with van der Waals surface area (Å²) in [6.45, 7) is 4.45.